The Morgan fingerprint density at radius 2 is 2.26 bits per heavy atom. The van der Waals surface area contributed by atoms with Crippen LogP contribution in [-0.4, -0.2) is 31.2 Å². The van der Waals surface area contributed by atoms with E-state index < -0.39 is 0 Å². The van der Waals surface area contributed by atoms with Gasteiger partial charge in [-0.1, -0.05) is 6.58 Å². The van der Waals surface area contributed by atoms with Crippen LogP contribution < -0.4 is 5.43 Å². The summed E-state index contributed by atoms with van der Waals surface area (Å²) in [5.41, 5.74) is 6.12. The Morgan fingerprint density at radius 3 is 2.74 bits per heavy atom. The van der Waals surface area contributed by atoms with Crippen molar-refractivity contribution in [1.82, 2.24) is 10.5 Å². The number of methoxy groups -OCH3 is 1. The maximum absolute atomic E-state index is 8.05. The second-order valence-corrected chi connectivity index (χ2v) is 4.25. The monoisotopic (exact) mass is 262 g/mol. The highest BCUT2D eigenvalue weighted by Gasteiger charge is 2.20. The average Bonchev–Trinajstić information content (AvgIpc) is 2.43. The van der Waals surface area contributed by atoms with Crippen LogP contribution in [0.2, 0.25) is 0 Å². The molecule has 5 nitrogen and oxygen atoms in total. The average molecular weight is 262 g/mol. The molecule has 1 rings (SSSR count). The van der Waals surface area contributed by atoms with E-state index in [1.165, 1.54) is 0 Å². The fraction of sp³-hybridized carbons (Fsp3) is 0.429. The van der Waals surface area contributed by atoms with Crippen LogP contribution in [0.5, 0.6) is 0 Å². The van der Waals surface area contributed by atoms with E-state index in [2.05, 4.69) is 17.1 Å². The van der Waals surface area contributed by atoms with Gasteiger partial charge in [0, 0.05) is 24.9 Å². The lowest BCUT2D eigenvalue weighted by atomic mass is 9.94. The maximum Gasteiger partial charge on any atom is 0.126 e. The smallest absolute Gasteiger partial charge is 0.126 e. The number of hydrazone groups is 1. The number of rotatable bonds is 6. The molecule has 0 fully saturated rings. The van der Waals surface area contributed by atoms with E-state index in [9.17, 15) is 0 Å². The second-order valence-electron chi connectivity index (χ2n) is 4.25. The summed E-state index contributed by atoms with van der Waals surface area (Å²) in [4.78, 5) is 0. The van der Waals surface area contributed by atoms with Gasteiger partial charge < -0.3 is 10.1 Å². The molecule has 0 aromatic heterocycles. The molecule has 0 atom stereocenters. The van der Waals surface area contributed by atoms with Gasteiger partial charge in [0.15, 0.2) is 0 Å². The van der Waals surface area contributed by atoms with E-state index in [1.807, 2.05) is 27.0 Å². The van der Waals surface area contributed by atoms with Gasteiger partial charge in [0.1, 0.15) is 5.76 Å². The zero-order chi connectivity index (χ0) is 14.4. The Morgan fingerprint density at radius 1 is 1.58 bits per heavy atom. The minimum Gasteiger partial charge on any atom is -0.496 e. The first-order chi connectivity index (χ1) is 9.04. The zero-order valence-corrected chi connectivity index (χ0v) is 12.1. The SMILES string of the molecule is C=C(C)C(=N)C1=C(OC)C=C(N(/N=C\C)NC)CC1. The highest BCUT2D eigenvalue weighted by molar-refractivity contribution is 6.10. The Kier molecular flexibility index (Phi) is 5.51. The Bertz CT molecular complexity index is 460. The van der Waals surface area contributed by atoms with Crippen molar-refractivity contribution >= 4 is 11.9 Å². The van der Waals surface area contributed by atoms with E-state index in [0.29, 0.717) is 11.5 Å². The Balaban J connectivity index is 3.10. The van der Waals surface area contributed by atoms with Gasteiger partial charge in [-0.05, 0) is 32.3 Å². The Hall–Kier alpha value is -1.88. The van der Waals surface area contributed by atoms with Crippen molar-refractivity contribution in [2.45, 2.75) is 26.7 Å². The van der Waals surface area contributed by atoms with Crippen LogP contribution in [0, 0.1) is 5.41 Å². The maximum atomic E-state index is 8.05. The lowest BCUT2D eigenvalue weighted by Gasteiger charge is -2.25. The van der Waals surface area contributed by atoms with Crippen molar-refractivity contribution in [3.8, 4) is 0 Å². The third-order valence-corrected chi connectivity index (χ3v) is 2.89. The minimum absolute atomic E-state index is 0.460. The van der Waals surface area contributed by atoms with Crippen LogP contribution in [0.3, 0.4) is 0 Å². The molecule has 1 aliphatic carbocycles. The van der Waals surface area contributed by atoms with Gasteiger partial charge in [-0.15, -0.1) is 0 Å². The number of nitrogens with one attached hydrogen (secondary N) is 2. The van der Waals surface area contributed by atoms with Gasteiger partial charge in [0.05, 0.1) is 18.5 Å². The molecule has 0 aromatic carbocycles. The van der Waals surface area contributed by atoms with Gasteiger partial charge in [0.2, 0.25) is 0 Å². The fourth-order valence-electron chi connectivity index (χ4n) is 1.93. The number of allylic oxidation sites excluding steroid dienone is 4. The standard InChI is InChI=1S/C14H22N4O/c1-6-17-18(16-4)11-7-8-12(13(9-11)19-5)14(15)10(2)3/h6,9,15-16H,2,7-8H2,1,3-5H3/b15-14?,17-6-. The molecule has 19 heavy (non-hydrogen) atoms. The van der Waals surface area contributed by atoms with E-state index in [1.54, 1.807) is 18.4 Å². The quantitative estimate of drug-likeness (QED) is 0.571. The van der Waals surface area contributed by atoms with Crippen molar-refractivity contribution < 1.29 is 4.74 Å². The zero-order valence-electron chi connectivity index (χ0n) is 12.1. The molecule has 0 saturated carbocycles. The Labute approximate surface area is 114 Å². The number of hydrogen-bond donors (Lipinski definition) is 2. The summed E-state index contributed by atoms with van der Waals surface area (Å²) in [6.07, 6.45) is 5.19. The minimum atomic E-state index is 0.460. The van der Waals surface area contributed by atoms with Crippen LogP contribution in [0.4, 0.5) is 0 Å². The van der Waals surface area contributed by atoms with E-state index >= 15 is 0 Å². The highest BCUT2D eigenvalue weighted by Crippen LogP contribution is 2.28. The van der Waals surface area contributed by atoms with Crippen LogP contribution in [0.1, 0.15) is 26.7 Å². The topological polar surface area (TPSA) is 60.7 Å². The predicted octanol–water partition coefficient (Wildman–Crippen LogP) is 2.60. The molecule has 5 heteroatoms. The molecule has 0 heterocycles. The van der Waals surface area contributed by atoms with E-state index in [4.69, 9.17) is 10.1 Å². The highest BCUT2D eigenvalue weighted by atomic mass is 16.5. The molecule has 0 aliphatic heterocycles. The normalized spacial score (nSPS) is 15.5. The summed E-state index contributed by atoms with van der Waals surface area (Å²) in [6, 6.07) is 0. The molecule has 0 spiro atoms. The molecule has 0 radical (unpaired) electrons. The molecule has 1 aliphatic rings. The molecule has 0 bridgehead atoms. The lowest BCUT2D eigenvalue weighted by Crippen LogP contribution is -2.30. The largest absolute Gasteiger partial charge is 0.496 e. The fourth-order valence-corrected chi connectivity index (χ4v) is 1.93. The van der Waals surface area contributed by atoms with Gasteiger partial charge in [-0.2, -0.15) is 5.10 Å². The molecular weight excluding hydrogens is 240 g/mol. The van der Waals surface area contributed by atoms with E-state index in [-0.39, 0.29) is 0 Å². The van der Waals surface area contributed by atoms with Crippen LogP contribution in [0.25, 0.3) is 0 Å². The van der Waals surface area contributed by atoms with Crippen LogP contribution in [0.15, 0.2) is 40.4 Å². The number of nitrogens with zero attached hydrogens (tertiary/aromatic N) is 2. The van der Waals surface area contributed by atoms with Gasteiger partial charge in [-0.3, -0.25) is 0 Å². The predicted molar refractivity (Wildman–Crippen MR) is 79.0 cm³/mol. The number of hydrazine groups is 1. The first-order valence-electron chi connectivity index (χ1n) is 6.23. The third-order valence-electron chi connectivity index (χ3n) is 2.89. The summed E-state index contributed by atoms with van der Waals surface area (Å²) in [5, 5.41) is 14.0. The lowest BCUT2D eigenvalue weighted by molar-refractivity contribution is 0.259. The first-order valence-corrected chi connectivity index (χ1v) is 6.23. The summed E-state index contributed by atoms with van der Waals surface area (Å²) < 4.78 is 5.39. The molecule has 104 valence electrons. The summed E-state index contributed by atoms with van der Waals surface area (Å²) in [6.45, 7) is 7.52. The molecule has 0 saturated heterocycles. The van der Waals surface area contributed by atoms with Gasteiger partial charge in [0.25, 0.3) is 0 Å². The van der Waals surface area contributed by atoms with E-state index in [0.717, 1.165) is 29.7 Å². The number of ether oxygens (including phenoxy) is 1. The third kappa shape index (κ3) is 3.54. The van der Waals surface area contributed by atoms with Crippen molar-refractivity contribution in [2.24, 2.45) is 5.10 Å². The second kappa shape index (κ2) is 6.89. The van der Waals surface area contributed by atoms with Crippen LogP contribution >= 0.6 is 0 Å². The van der Waals surface area contributed by atoms with Crippen molar-refractivity contribution in [3.63, 3.8) is 0 Å². The van der Waals surface area contributed by atoms with Crippen molar-refractivity contribution in [3.05, 3.63) is 35.3 Å². The summed E-state index contributed by atoms with van der Waals surface area (Å²) in [5.74, 6) is 0.709. The van der Waals surface area contributed by atoms with Gasteiger partial charge in [-0.25, -0.2) is 10.5 Å². The molecule has 0 amide bonds. The summed E-state index contributed by atoms with van der Waals surface area (Å²) >= 11 is 0. The summed E-state index contributed by atoms with van der Waals surface area (Å²) in [7, 11) is 3.43. The number of hydrogen-bond acceptors (Lipinski definition) is 5. The first kappa shape index (κ1) is 15.2. The van der Waals surface area contributed by atoms with Crippen LogP contribution in [-0.2, 0) is 4.74 Å². The van der Waals surface area contributed by atoms with Crippen molar-refractivity contribution in [1.29, 1.82) is 5.41 Å². The van der Waals surface area contributed by atoms with Crippen molar-refractivity contribution in [2.75, 3.05) is 14.2 Å². The molecule has 0 aromatic rings. The molecule has 2 N–H and O–H groups in total. The van der Waals surface area contributed by atoms with Gasteiger partial charge >= 0.3 is 0 Å². The molecule has 0 unspecified atom stereocenters. The molecular formula is C14H22N4O.